The number of benzene rings is 1. The van der Waals surface area contributed by atoms with Crippen LogP contribution in [0.25, 0.3) is 10.9 Å². The molecule has 0 radical (unpaired) electrons. The minimum absolute atomic E-state index is 0.509. The van der Waals surface area contributed by atoms with Gasteiger partial charge in [-0.1, -0.05) is 6.07 Å². The van der Waals surface area contributed by atoms with E-state index in [0.717, 1.165) is 16.7 Å². The van der Waals surface area contributed by atoms with Crippen LogP contribution in [-0.2, 0) is 0 Å². The zero-order valence-corrected chi connectivity index (χ0v) is 9.41. The Morgan fingerprint density at radius 1 is 1.38 bits per heavy atom. The number of hydrogen-bond donors (Lipinski definition) is 0. The summed E-state index contributed by atoms with van der Waals surface area (Å²) in [6, 6.07) is 9.71. The topological polar surface area (TPSA) is 34.5 Å². The number of fused-ring (bicyclic) bond motifs is 1. The van der Waals surface area contributed by atoms with Gasteiger partial charge in [0.15, 0.2) is 0 Å². The Labute approximate surface area is 98.8 Å². The fraction of sp³-hybridized carbons (Fsp3) is 0.167. The third-order valence-corrected chi connectivity index (χ3v) is 2.24. The Morgan fingerprint density at radius 2 is 2.31 bits per heavy atom. The van der Waals surface area contributed by atoms with E-state index in [1.54, 1.807) is 6.20 Å². The van der Waals surface area contributed by atoms with Gasteiger partial charge in [-0.2, -0.15) is 0 Å². The third kappa shape index (κ3) is 2.63. The van der Waals surface area contributed by atoms with Gasteiger partial charge in [0.05, 0.1) is 17.2 Å². The molecule has 2 rings (SSSR count). The van der Waals surface area contributed by atoms with Crippen LogP contribution in [0.1, 0.15) is 0 Å². The van der Waals surface area contributed by atoms with Crippen LogP contribution in [0.2, 0.25) is 0 Å². The molecule has 0 atom stereocenters. The van der Waals surface area contributed by atoms with Crippen molar-refractivity contribution in [1.82, 2.24) is 4.98 Å². The van der Waals surface area contributed by atoms with Gasteiger partial charge in [0.2, 0.25) is 0 Å². The second-order valence-electron chi connectivity index (χ2n) is 3.18. The molecule has 0 spiro atoms. The standard InChI is InChI=1S/C12H10N2OS/c16-9-13-6-7-15-11-3-4-12-10(8-11)2-1-5-14-12/h1-5,8H,6-7H2. The highest BCUT2D eigenvalue weighted by molar-refractivity contribution is 7.78. The maximum absolute atomic E-state index is 5.51. The van der Waals surface area contributed by atoms with Gasteiger partial charge in [-0.15, -0.1) is 0 Å². The molecule has 2 aromatic rings. The van der Waals surface area contributed by atoms with Crippen molar-refractivity contribution >= 4 is 28.3 Å². The highest BCUT2D eigenvalue weighted by Gasteiger charge is 1.97. The molecule has 0 amide bonds. The zero-order valence-electron chi connectivity index (χ0n) is 8.59. The number of aliphatic imine (C=N–C) groups is 1. The molecule has 0 aliphatic carbocycles. The van der Waals surface area contributed by atoms with Gasteiger partial charge in [-0.25, -0.2) is 4.99 Å². The molecule has 0 fully saturated rings. The number of thiocarbonyl (C=S) groups is 1. The molecular weight excluding hydrogens is 220 g/mol. The van der Waals surface area contributed by atoms with E-state index in [0.29, 0.717) is 13.2 Å². The minimum Gasteiger partial charge on any atom is -0.492 e. The second kappa shape index (κ2) is 5.35. The molecule has 0 aliphatic rings. The van der Waals surface area contributed by atoms with Crippen LogP contribution in [0.3, 0.4) is 0 Å². The van der Waals surface area contributed by atoms with Crippen molar-refractivity contribution in [3.05, 3.63) is 36.5 Å². The van der Waals surface area contributed by atoms with E-state index in [-0.39, 0.29) is 0 Å². The Bertz CT molecular complexity index is 535. The number of rotatable bonds is 4. The molecule has 0 bridgehead atoms. The van der Waals surface area contributed by atoms with Gasteiger partial charge >= 0.3 is 0 Å². The summed E-state index contributed by atoms with van der Waals surface area (Å²) in [4.78, 5) is 8.01. The lowest BCUT2D eigenvalue weighted by molar-refractivity contribution is 0.329. The third-order valence-electron chi connectivity index (χ3n) is 2.11. The van der Waals surface area contributed by atoms with Crippen LogP contribution in [0.15, 0.2) is 41.5 Å². The van der Waals surface area contributed by atoms with Crippen molar-refractivity contribution in [2.24, 2.45) is 4.99 Å². The number of aromatic nitrogens is 1. The van der Waals surface area contributed by atoms with E-state index >= 15 is 0 Å². The lowest BCUT2D eigenvalue weighted by atomic mass is 10.2. The number of pyridine rings is 1. The van der Waals surface area contributed by atoms with Gasteiger partial charge in [-0.05, 0) is 36.5 Å². The molecule has 4 heteroatoms. The largest absolute Gasteiger partial charge is 0.492 e. The predicted octanol–water partition coefficient (Wildman–Crippen LogP) is 2.72. The van der Waals surface area contributed by atoms with Crippen molar-refractivity contribution in [3.63, 3.8) is 0 Å². The van der Waals surface area contributed by atoms with E-state index in [1.807, 2.05) is 30.3 Å². The van der Waals surface area contributed by atoms with Gasteiger partial charge in [0.25, 0.3) is 0 Å². The van der Waals surface area contributed by atoms with Crippen LogP contribution < -0.4 is 4.74 Å². The van der Waals surface area contributed by atoms with Crippen molar-refractivity contribution in [3.8, 4) is 5.75 Å². The normalized spacial score (nSPS) is 9.75. The van der Waals surface area contributed by atoms with Gasteiger partial charge in [0, 0.05) is 11.6 Å². The number of ether oxygens (including phenoxy) is 1. The van der Waals surface area contributed by atoms with Gasteiger partial charge < -0.3 is 4.74 Å². The molecule has 1 aromatic heterocycles. The van der Waals surface area contributed by atoms with E-state index in [1.165, 1.54) is 0 Å². The lowest BCUT2D eigenvalue weighted by Crippen LogP contribution is -2.00. The van der Waals surface area contributed by atoms with E-state index in [4.69, 9.17) is 4.74 Å². The summed E-state index contributed by atoms with van der Waals surface area (Å²) in [5, 5.41) is 3.37. The summed E-state index contributed by atoms with van der Waals surface area (Å²) in [7, 11) is 0. The fourth-order valence-corrected chi connectivity index (χ4v) is 1.49. The second-order valence-corrected chi connectivity index (χ2v) is 3.36. The smallest absolute Gasteiger partial charge is 0.120 e. The molecule has 0 unspecified atom stereocenters. The number of nitrogens with zero attached hydrogens (tertiary/aromatic N) is 2. The zero-order chi connectivity index (χ0) is 11.2. The molecule has 0 saturated heterocycles. The van der Waals surface area contributed by atoms with Crippen LogP contribution in [0.5, 0.6) is 5.75 Å². The summed E-state index contributed by atoms with van der Waals surface area (Å²) in [6.07, 6.45) is 1.77. The molecular formula is C12H10N2OS. The summed E-state index contributed by atoms with van der Waals surface area (Å²) in [5.41, 5.74) is 0.965. The molecule has 0 aliphatic heterocycles. The summed E-state index contributed by atoms with van der Waals surface area (Å²) in [6.45, 7) is 1.05. The first-order chi connectivity index (χ1) is 7.90. The highest BCUT2D eigenvalue weighted by atomic mass is 32.1. The molecule has 1 heterocycles. The van der Waals surface area contributed by atoms with E-state index in [2.05, 4.69) is 27.4 Å². The van der Waals surface area contributed by atoms with Crippen molar-refractivity contribution in [2.75, 3.05) is 13.2 Å². The summed E-state index contributed by atoms with van der Waals surface area (Å²) >= 11 is 4.46. The quantitative estimate of drug-likeness (QED) is 0.460. The summed E-state index contributed by atoms with van der Waals surface area (Å²) < 4.78 is 5.51. The number of isothiocyanates is 1. The van der Waals surface area contributed by atoms with Crippen LogP contribution in [-0.4, -0.2) is 23.3 Å². The maximum Gasteiger partial charge on any atom is 0.120 e. The lowest BCUT2D eigenvalue weighted by Gasteiger charge is -2.04. The fourth-order valence-electron chi connectivity index (χ4n) is 1.40. The minimum atomic E-state index is 0.509. The summed E-state index contributed by atoms with van der Waals surface area (Å²) in [5.74, 6) is 0.820. The molecule has 0 saturated carbocycles. The SMILES string of the molecule is S=C=NCCOc1ccc2ncccc2c1. The van der Waals surface area contributed by atoms with Crippen molar-refractivity contribution in [1.29, 1.82) is 0 Å². The van der Waals surface area contributed by atoms with Crippen LogP contribution in [0, 0.1) is 0 Å². The average Bonchev–Trinajstić information content (AvgIpc) is 2.34. The van der Waals surface area contributed by atoms with Gasteiger partial charge in [0.1, 0.15) is 12.4 Å². The first-order valence-electron chi connectivity index (χ1n) is 4.91. The van der Waals surface area contributed by atoms with Crippen LogP contribution >= 0.6 is 12.2 Å². The average molecular weight is 230 g/mol. The Hall–Kier alpha value is -1.77. The first kappa shape index (κ1) is 10.7. The van der Waals surface area contributed by atoms with Gasteiger partial charge in [-0.3, -0.25) is 4.98 Å². The van der Waals surface area contributed by atoms with E-state index in [9.17, 15) is 0 Å². The first-order valence-corrected chi connectivity index (χ1v) is 5.32. The predicted molar refractivity (Wildman–Crippen MR) is 67.1 cm³/mol. The maximum atomic E-state index is 5.51. The number of hydrogen-bond acceptors (Lipinski definition) is 4. The van der Waals surface area contributed by atoms with E-state index < -0.39 is 0 Å². The monoisotopic (exact) mass is 230 g/mol. The van der Waals surface area contributed by atoms with Crippen molar-refractivity contribution < 1.29 is 4.74 Å². The Kier molecular flexibility index (Phi) is 3.59. The Balaban J connectivity index is 2.10. The molecule has 3 nitrogen and oxygen atoms in total. The molecule has 16 heavy (non-hydrogen) atoms. The highest BCUT2D eigenvalue weighted by Crippen LogP contribution is 2.18. The Morgan fingerprint density at radius 3 is 3.19 bits per heavy atom. The molecule has 80 valence electrons. The van der Waals surface area contributed by atoms with Crippen LogP contribution in [0.4, 0.5) is 0 Å². The van der Waals surface area contributed by atoms with Crippen molar-refractivity contribution in [2.45, 2.75) is 0 Å². The molecule has 1 aromatic carbocycles. The molecule has 0 N–H and O–H groups in total.